The maximum Gasteiger partial charge on any atom is -0.00988 e. The molecule has 0 amide bonds. The molecule has 0 aromatic heterocycles. The average Bonchev–Trinajstić information content (AvgIpc) is 3.08. The molecule has 0 spiro atoms. The van der Waals surface area contributed by atoms with Crippen molar-refractivity contribution < 1.29 is 0 Å². The summed E-state index contributed by atoms with van der Waals surface area (Å²) in [5.41, 5.74) is 7.48. The molecule has 0 fully saturated rings. The largest absolute Gasteiger partial charge is 0.0683 e. The molecular weight excluding hydrogens is 504 g/mol. The molecule has 0 atom stereocenters. The van der Waals surface area contributed by atoms with E-state index in [-0.39, 0.29) is 0 Å². The van der Waals surface area contributed by atoms with Crippen molar-refractivity contribution in [3.8, 4) is 33.4 Å². The molecule has 0 heterocycles. The summed E-state index contributed by atoms with van der Waals surface area (Å²) in [6.45, 7) is 4.00. The molecular formula is C42H32. The van der Waals surface area contributed by atoms with Crippen LogP contribution in [0.25, 0.3) is 76.5 Å². The van der Waals surface area contributed by atoms with Gasteiger partial charge in [0.2, 0.25) is 0 Å². The Balaban J connectivity index is 0.00000141. The van der Waals surface area contributed by atoms with Crippen molar-refractivity contribution in [1.82, 2.24) is 0 Å². The summed E-state index contributed by atoms with van der Waals surface area (Å²) < 4.78 is 0. The van der Waals surface area contributed by atoms with E-state index < -0.39 is 0 Å². The fourth-order valence-electron chi connectivity index (χ4n) is 6.13. The Bertz CT molecular complexity index is 2220. The summed E-state index contributed by atoms with van der Waals surface area (Å²) >= 11 is 0. The third-order valence-electron chi connectivity index (χ3n) is 8.20. The van der Waals surface area contributed by atoms with Gasteiger partial charge in [0.15, 0.2) is 0 Å². The third kappa shape index (κ3) is 4.62. The van der Waals surface area contributed by atoms with E-state index in [0.29, 0.717) is 0 Å². The second-order valence-corrected chi connectivity index (χ2v) is 10.6. The molecule has 8 aromatic rings. The molecule has 0 aliphatic rings. The van der Waals surface area contributed by atoms with Gasteiger partial charge in [-0.3, -0.25) is 0 Å². The number of hydrogen-bond donors (Lipinski definition) is 0. The van der Waals surface area contributed by atoms with Gasteiger partial charge >= 0.3 is 0 Å². The van der Waals surface area contributed by atoms with Crippen LogP contribution in [0.3, 0.4) is 0 Å². The monoisotopic (exact) mass is 536 g/mol. The summed E-state index contributed by atoms with van der Waals surface area (Å²) in [4.78, 5) is 0. The van der Waals surface area contributed by atoms with Gasteiger partial charge in [-0.2, -0.15) is 0 Å². The smallest absolute Gasteiger partial charge is 0.00988 e. The van der Waals surface area contributed by atoms with Gasteiger partial charge in [-0.1, -0.05) is 141 Å². The van der Waals surface area contributed by atoms with Gasteiger partial charge in [0.25, 0.3) is 0 Å². The first kappa shape index (κ1) is 25.7. The molecule has 200 valence electrons. The van der Waals surface area contributed by atoms with Crippen LogP contribution in [0.2, 0.25) is 0 Å². The lowest BCUT2D eigenvalue weighted by atomic mass is 9.91. The average molecular weight is 537 g/mol. The van der Waals surface area contributed by atoms with Crippen LogP contribution >= 0.6 is 0 Å². The summed E-state index contributed by atoms with van der Waals surface area (Å²) in [7, 11) is 0. The van der Waals surface area contributed by atoms with Gasteiger partial charge in [0.05, 0.1) is 0 Å². The molecule has 42 heavy (non-hydrogen) atoms. The first-order valence-corrected chi connectivity index (χ1v) is 14.8. The molecule has 0 radical (unpaired) electrons. The van der Waals surface area contributed by atoms with Gasteiger partial charge in [0, 0.05) is 0 Å². The first-order valence-electron chi connectivity index (χ1n) is 14.8. The van der Waals surface area contributed by atoms with Crippen molar-refractivity contribution in [3.63, 3.8) is 0 Å². The predicted octanol–water partition coefficient (Wildman–Crippen LogP) is 12.3. The molecule has 0 bridgehead atoms. The summed E-state index contributed by atoms with van der Waals surface area (Å²) in [5, 5.41) is 10.2. The minimum Gasteiger partial charge on any atom is -0.0683 e. The van der Waals surface area contributed by atoms with Crippen molar-refractivity contribution in [2.24, 2.45) is 0 Å². The molecule has 0 saturated heterocycles. The van der Waals surface area contributed by atoms with Crippen molar-refractivity contribution in [2.75, 3.05) is 0 Å². The van der Waals surface area contributed by atoms with Crippen molar-refractivity contribution in [1.29, 1.82) is 0 Å². The Labute approximate surface area is 247 Å². The molecule has 8 rings (SSSR count). The van der Waals surface area contributed by atoms with Crippen molar-refractivity contribution in [3.05, 3.63) is 158 Å². The normalized spacial score (nSPS) is 11.1. The van der Waals surface area contributed by atoms with Crippen molar-refractivity contribution >= 4 is 43.1 Å². The molecule has 0 aliphatic heterocycles. The molecule has 0 N–H and O–H groups in total. The Morgan fingerprint density at radius 2 is 0.714 bits per heavy atom. The van der Waals surface area contributed by atoms with Crippen LogP contribution in [0, 0.1) is 0 Å². The summed E-state index contributed by atoms with van der Waals surface area (Å²) in [6.07, 6.45) is 0. The van der Waals surface area contributed by atoms with Crippen LogP contribution in [0.4, 0.5) is 0 Å². The van der Waals surface area contributed by atoms with Crippen LogP contribution in [0.1, 0.15) is 13.8 Å². The lowest BCUT2D eigenvalue weighted by molar-refractivity contribution is 1.50. The van der Waals surface area contributed by atoms with Gasteiger partial charge in [-0.25, -0.2) is 0 Å². The topological polar surface area (TPSA) is 0 Å². The van der Waals surface area contributed by atoms with E-state index in [1.165, 1.54) is 76.5 Å². The molecule has 0 saturated carbocycles. The zero-order valence-corrected chi connectivity index (χ0v) is 24.0. The highest BCUT2D eigenvalue weighted by Crippen LogP contribution is 2.37. The Morgan fingerprint density at radius 3 is 1.38 bits per heavy atom. The lowest BCUT2D eigenvalue weighted by Crippen LogP contribution is -1.86. The fraction of sp³-hybridized carbons (Fsp3) is 0.0476. The highest BCUT2D eigenvalue weighted by atomic mass is 14.1. The highest BCUT2D eigenvalue weighted by molar-refractivity contribution is 6.13. The lowest BCUT2D eigenvalue weighted by Gasteiger charge is -2.13. The maximum atomic E-state index is 2.34. The van der Waals surface area contributed by atoms with E-state index in [4.69, 9.17) is 0 Å². The summed E-state index contributed by atoms with van der Waals surface area (Å²) in [5.74, 6) is 0. The van der Waals surface area contributed by atoms with Crippen LogP contribution in [-0.2, 0) is 0 Å². The molecule has 8 aromatic carbocycles. The second kappa shape index (κ2) is 11.0. The van der Waals surface area contributed by atoms with Crippen LogP contribution in [0.5, 0.6) is 0 Å². The van der Waals surface area contributed by atoms with E-state index >= 15 is 0 Å². The fourth-order valence-corrected chi connectivity index (χ4v) is 6.13. The zero-order chi connectivity index (χ0) is 28.5. The summed E-state index contributed by atoms with van der Waals surface area (Å²) in [6, 6.07) is 57.6. The Hall–Kier alpha value is -5.20. The minimum absolute atomic E-state index is 1.23. The van der Waals surface area contributed by atoms with Crippen LogP contribution < -0.4 is 0 Å². The quantitative estimate of drug-likeness (QED) is 0.197. The van der Waals surface area contributed by atoms with Gasteiger partial charge in [-0.15, -0.1) is 0 Å². The van der Waals surface area contributed by atoms with E-state index in [1.807, 2.05) is 13.8 Å². The Kier molecular flexibility index (Phi) is 6.74. The molecule has 0 nitrogen and oxygen atoms in total. The van der Waals surface area contributed by atoms with E-state index in [9.17, 15) is 0 Å². The van der Waals surface area contributed by atoms with E-state index in [1.54, 1.807) is 0 Å². The van der Waals surface area contributed by atoms with Gasteiger partial charge < -0.3 is 0 Å². The maximum absolute atomic E-state index is 2.34. The molecule has 0 unspecified atom stereocenters. The highest BCUT2D eigenvalue weighted by Gasteiger charge is 2.10. The van der Waals surface area contributed by atoms with Crippen molar-refractivity contribution in [2.45, 2.75) is 13.8 Å². The van der Waals surface area contributed by atoms with Gasteiger partial charge in [-0.05, 0) is 107 Å². The van der Waals surface area contributed by atoms with Gasteiger partial charge in [0.1, 0.15) is 0 Å². The van der Waals surface area contributed by atoms with Crippen LogP contribution in [0.15, 0.2) is 158 Å². The standard InChI is InChI=1S/C40H26.C2H6/c1-2-9-28-22-31(17-16-27(28)8-1)33-21-20-32-23-30(18-19-34(32)24-33)29-11-7-12-35(25-29)40-26-36-10-3-4-13-37(36)38-14-5-6-15-39(38)40;1-2/h1-26H;1-2H3. The second-order valence-electron chi connectivity index (χ2n) is 10.6. The first-order chi connectivity index (χ1) is 20.8. The number of hydrogen-bond acceptors (Lipinski definition) is 0. The number of rotatable bonds is 3. The molecule has 0 heteroatoms. The number of benzene rings is 8. The van der Waals surface area contributed by atoms with Crippen LogP contribution in [-0.4, -0.2) is 0 Å². The van der Waals surface area contributed by atoms with E-state index in [2.05, 4.69) is 158 Å². The third-order valence-corrected chi connectivity index (χ3v) is 8.20. The zero-order valence-electron chi connectivity index (χ0n) is 24.0. The molecule has 0 aliphatic carbocycles. The predicted molar refractivity (Wildman–Crippen MR) is 184 cm³/mol. The minimum atomic E-state index is 1.23. The Morgan fingerprint density at radius 1 is 0.262 bits per heavy atom. The SMILES string of the molecule is CC.c1cc(-c2ccc3cc(-c4ccc5ccccc5c4)ccc3c2)cc(-c2cc3ccccc3c3ccccc23)c1. The number of fused-ring (bicyclic) bond motifs is 5. The van der Waals surface area contributed by atoms with E-state index in [0.717, 1.165) is 0 Å².